The maximum atomic E-state index is 4.77. The van der Waals surface area contributed by atoms with E-state index in [0.29, 0.717) is 0 Å². The Morgan fingerprint density at radius 3 is 2.50 bits per heavy atom. The van der Waals surface area contributed by atoms with Crippen molar-refractivity contribution in [3.8, 4) is 10.6 Å². The molecule has 0 aliphatic rings. The lowest BCUT2D eigenvalue weighted by Crippen LogP contribution is -1.81. The van der Waals surface area contributed by atoms with Gasteiger partial charge >= 0.3 is 0 Å². The minimum Gasteiger partial charge on any atom is -0.236 e. The maximum absolute atomic E-state index is 4.77. The number of nitrogens with zero attached hydrogens (tertiary/aromatic N) is 1. The van der Waals surface area contributed by atoms with E-state index in [1.807, 2.05) is 6.07 Å². The molecule has 0 radical (unpaired) electrons. The van der Waals surface area contributed by atoms with Gasteiger partial charge < -0.3 is 0 Å². The number of halogens is 1. The molecule has 0 saturated heterocycles. The van der Waals surface area contributed by atoms with E-state index >= 15 is 0 Å². The summed E-state index contributed by atoms with van der Waals surface area (Å²) >= 11 is 5.37. The second-order valence-corrected chi connectivity index (χ2v) is 6.51. The van der Waals surface area contributed by atoms with Crippen molar-refractivity contribution >= 4 is 48.3 Å². The molecule has 3 heteroatoms. The highest BCUT2D eigenvalue weighted by Crippen LogP contribution is 2.36. The Bertz CT molecular complexity index is 893. The molecule has 3 aromatic carbocycles. The monoisotopic (exact) mass is 339 g/mol. The van der Waals surface area contributed by atoms with Gasteiger partial charge in [0.1, 0.15) is 5.01 Å². The fourth-order valence-electron chi connectivity index (χ4n) is 2.45. The van der Waals surface area contributed by atoms with Crippen LogP contribution < -0.4 is 0 Å². The highest BCUT2D eigenvalue weighted by Gasteiger charge is 2.10. The van der Waals surface area contributed by atoms with Gasteiger partial charge in [0.15, 0.2) is 0 Å². The van der Waals surface area contributed by atoms with Crippen LogP contribution in [-0.2, 0) is 0 Å². The third-order valence-electron chi connectivity index (χ3n) is 3.39. The Kier molecular flexibility index (Phi) is 2.83. The molecule has 0 saturated carbocycles. The molecular formula is C17H10BrNS. The lowest BCUT2D eigenvalue weighted by molar-refractivity contribution is 1.49. The average Bonchev–Trinajstić information content (AvgIpc) is 2.91. The van der Waals surface area contributed by atoms with Crippen LogP contribution in [0.2, 0.25) is 0 Å². The molecule has 0 fully saturated rings. The zero-order valence-electron chi connectivity index (χ0n) is 10.5. The predicted molar refractivity (Wildman–Crippen MR) is 90.3 cm³/mol. The van der Waals surface area contributed by atoms with Gasteiger partial charge in [-0.1, -0.05) is 58.4 Å². The zero-order valence-corrected chi connectivity index (χ0v) is 12.9. The summed E-state index contributed by atoms with van der Waals surface area (Å²) in [7, 11) is 0. The van der Waals surface area contributed by atoms with Crippen molar-refractivity contribution in [2.24, 2.45) is 0 Å². The van der Waals surface area contributed by atoms with Crippen molar-refractivity contribution in [3.05, 3.63) is 65.1 Å². The molecule has 0 amide bonds. The van der Waals surface area contributed by atoms with E-state index in [-0.39, 0.29) is 0 Å². The number of fused-ring (bicyclic) bond motifs is 2. The Hall–Kier alpha value is -1.71. The Morgan fingerprint density at radius 1 is 0.800 bits per heavy atom. The van der Waals surface area contributed by atoms with Crippen LogP contribution in [0.1, 0.15) is 0 Å². The van der Waals surface area contributed by atoms with Crippen LogP contribution in [-0.4, -0.2) is 4.98 Å². The number of hydrogen-bond donors (Lipinski definition) is 0. The molecule has 20 heavy (non-hydrogen) atoms. The van der Waals surface area contributed by atoms with Crippen LogP contribution in [0.15, 0.2) is 65.1 Å². The van der Waals surface area contributed by atoms with Gasteiger partial charge in [-0.15, -0.1) is 11.3 Å². The SMILES string of the molecule is Brc1cccc2c(-c3nc4ccccc4s3)cccc12. The van der Waals surface area contributed by atoms with E-state index in [4.69, 9.17) is 4.98 Å². The molecule has 1 nitrogen and oxygen atoms in total. The second-order valence-electron chi connectivity index (χ2n) is 4.63. The van der Waals surface area contributed by atoms with E-state index < -0.39 is 0 Å². The minimum absolute atomic E-state index is 1.07. The van der Waals surface area contributed by atoms with Crippen LogP contribution >= 0.6 is 27.3 Å². The summed E-state index contributed by atoms with van der Waals surface area (Å²) in [5.41, 5.74) is 2.27. The highest BCUT2D eigenvalue weighted by molar-refractivity contribution is 9.10. The molecule has 4 rings (SSSR count). The van der Waals surface area contributed by atoms with Crippen LogP contribution in [0.3, 0.4) is 0 Å². The fourth-order valence-corrected chi connectivity index (χ4v) is 3.95. The number of benzene rings is 3. The Labute approximate surface area is 129 Å². The lowest BCUT2D eigenvalue weighted by Gasteiger charge is -2.05. The maximum Gasteiger partial charge on any atom is 0.125 e. The van der Waals surface area contributed by atoms with Crippen LogP contribution in [0.25, 0.3) is 31.6 Å². The van der Waals surface area contributed by atoms with Crippen molar-refractivity contribution in [1.82, 2.24) is 4.98 Å². The first-order chi connectivity index (χ1) is 9.83. The van der Waals surface area contributed by atoms with Crippen molar-refractivity contribution in [3.63, 3.8) is 0 Å². The third-order valence-corrected chi connectivity index (χ3v) is 5.15. The first-order valence-corrected chi connectivity index (χ1v) is 7.97. The average molecular weight is 340 g/mol. The van der Waals surface area contributed by atoms with Crippen LogP contribution in [0.5, 0.6) is 0 Å². The van der Waals surface area contributed by atoms with E-state index in [0.717, 1.165) is 15.0 Å². The first kappa shape index (κ1) is 12.1. The highest BCUT2D eigenvalue weighted by atomic mass is 79.9. The number of thiazole rings is 1. The molecule has 0 bridgehead atoms. The van der Waals surface area contributed by atoms with Gasteiger partial charge in [-0.25, -0.2) is 4.98 Å². The van der Waals surface area contributed by atoms with E-state index in [1.54, 1.807) is 11.3 Å². The fraction of sp³-hybridized carbons (Fsp3) is 0. The standard InChI is InChI=1S/C17H10BrNS/c18-14-8-4-5-11-12(14)6-3-7-13(11)17-19-15-9-1-2-10-16(15)20-17/h1-10H. The van der Waals surface area contributed by atoms with Gasteiger partial charge in [0.25, 0.3) is 0 Å². The number of rotatable bonds is 1. The summed E-state index contributed by atoms with van der Waals surface area (Å²) in [4.78, 5) is 4.77. The third kappa shape index (κ3) is 1.86. The number of aromatic nitrogens is 1. The van der Waals surface area contributed by atoms with E-state index in [9.17, 15) is 0 Å². The molecular weight excluding hydrogens is 330 g/mol. The summed E-state index contributed by atoms with van der Waals surface area (Å²) < 4.78 is 2.35. The van der Waals surface area contributed by atoms with Crippen molar-refractivity contribution < 1.29 is 0 Å². The molecule has 4 aromatic rings. The normalized spacial score (nSPS) is 11.2. The number of para-hydroxylation sites is 1. The van der Waals surface area contributed by atoms with Gasteiger partial charge in [-0.3, -0.25) is 0 Å². The quantitative estimate of drug-likeness (QED) is 0.422. The second kappa shape index (κ2) is 4.69. The van der Waals surface area contributed by atoms with E-state index in [1.165, 1.54) is 21.0 Å². The molecule has 0 atom stereocenters. The summed E-state index contributed by atoms with van der Waals surface area (Å²) in [6.45, 7) is 0. The summed E-state index contributed by atoms with van der Waals surface area (Å²) in [6, 6.07) is 21.0. The molecule has 1 aromatic heterocycles. The van der Waals surface area contributed by atoms with Crippen LogP contribution in [0.4, 0.5) is 0 Å². The summed E-state index contributed by atoms with van der Waals surface area (Å²) in [5, 5.41) is 3.54. The molecule has 0 spiro atoms. The van der Waals surface area contributed by atoms with Gasteiger partial charge in [-0.2, -0.15) is 0 Å². The molecule has 0 aliphatic carbocycles. The van der Waals surface area contributed by atoms with Crippen LogP contribution in [0, 0.1) is 0 Å². The molecule has 96 valence electrons. The van der Waals surface area contributed by atoms with Gasteiger partial charge in [0.2, 0.25) is 0 Å². The largest absolute Gasteiger partial charge is 0.236 e. The van der Waals surface area contributed by atoms with Crippen molar-refractivity contribution in [1.29, 1.82) is 0 Å². The Balaban J connectivity index is 2.04. The topological polar surface area (TPSA) is 12.9 Å². The molecule has 0 unspecified atom stereocenters. The summed E-state index contributed by atoms with van der Waals surface area (Å²) in [6.07, 6.45) is 0. The zero-order chi connectivity index (χ0) is 13.5. The molecule has 0 aliphatic heterocycles. The predicted octanol–water partition coefficient (Wildman–Crippen LogP) is 5.88. The first-order valence-electron chi connectivity index (χ1n) is 6.36. The lowest BCUT2D eigenvalue weighted by atomic mass is 10.1. The van der Waals surface area contributed by atoms with Gasteiger partial charge in [0.05, 0.1) is 10.2 Å². The minimum atomic E-state index is 1.07. The van der Waals surface area contributed by atoms with Crippen molar-refractivity contribution in [2.75, 3.05) is 0 Å². The molecule has 1 heterocycles. The van der Waals surface area contributed by atoms with E-state index in [2.05, 4.69) is 70.5 Å². The number of hydrogen-bond acceptors (Lipinski definition) is 2. The van der Waals surface area contributed by atoms with Gasteiger partial charge in [0, 0.05) is 10.0 Å². The molecule has 0 N–H and O–H groups in total. The Morgan fingerprint density at radius 2 is 1.60 bits per heavy atom. The van der Waals surface area contributed by atoms with Crippen molar-refractivity contribution in [2.45, 2.75) is 0 Å². The smallest absolute Gasteiger partial charge is 0.125 e. The van der Waals surface area contributed by atoms with Gasteiger partial charge in [-0.05, 0) is 29.0 Å². The summed E-state index contributed by atoms with van der Waals surface area (Å²) in [5.74, 6) is 0.